The lowest BCUT2D eigenvalue weighted by Crippen LogP contribution is -2.37. The Balaban J connectivity index is 2.39. The lowest BCUT2D eigenvalue weighted by Gasteiger charge is -2.21. The smallest absolute Gasteiger partial charge is 0.342 e. The summed E-state index contributed by atoms with van der Waals surface area (Å²) in [6.07, 6.45) is 2.22. The van der Waals surface area contributed by atoms with Gasteiger partial charge in [-0.05, 0) is 12.8 Å². The number of cyclic esters (lactones) is 2. The van der Waals surface area contributed by atoms with E-state index in [0.717, 1.165) is 6.42 Å². The Bertz CT molecular complexity index is 382. The number of hydrogen-bond acceptors (Lipinski definition) is 4. The van der Waals surface area contributed by atoms with E-state index in [1.165, 1.54) is 6.08 Å². The van der Waals surface area contributed by atoms with Crippen molar-refractivity contribution in [2.45, 2.75) is 33.6 Å². The van der Waals surface area contributed by atoms with Crippen molar-refractivity contribution in [2.75, 3.05) is 6.54 Å². The summed E-state index contributed by atoms with van der Waals surface area (Å²) in [6, 6.07) is 0. The number of ether oxygens (including phenoxy) is 1. The number of nitrogens with one attached hydrogen (secondary N) is 1. The van der Waals surface area contributed by atoms with E-state index in [-0.39, 0.29) is 5.91 Å². The van der Waals surface area contributed by atoms with Crippen molar-refractivity contribution >= 4 is 17.8 Å². The average Bonchev–Trinajstić information content (AvgIpc) is 2.57. The summed E-state index contributed by atoms with van der Waals surface area (Å²) in [6.45, 7) is 5.98. The first-order chi connectivity index (χ1) is 7.86. The van der Waals surface area contributed by atoms with Crippen molar-refractivity contribution in [3.05, 3.63) is 11.6 Å². The minimum atomic E-state index is -0.634. The maximum absolute atomic E-state index is 11.7. The van der Waals surface area contributed by atoms with E-state index in [4.69, 9.17) is 0 Å². The Morgan fingerprint density at radius 1 is 1.41 bits per heavy atom. The fourth-order valence-electron chi connectivity index (χ4n) is 1.27. The molecule has 0 saturated heterocycles. The second-order valence-electron chi connectivity index (χ2n) is 4.62. The van der Waals surface area contributed by atoms with Crippen LogP contribution in [0.2, 0.25) is 0 Å². The van der Waals surface area contributed by atoms with Crippen LogP contribution in [0.25, 0.3) is 0 Å². The van der Waals surface area contributed by atoms with Crippen LogP contribution in [-0.2, 0) is 19.1 Å². The number of rotatable bonds is 5. The number of esters is 2. The van der Waals surface area contributed by atoms with Crippen molar-refractivity contribution < 1.29 is 19.1 Å². The van der Waals surface area contributed by atoms with Gasteiger partial charge < -0.3 is 10.1 Å². The molecule has 1 amide bonds. The second-order valence-corrected chi connectivity index (χ2v) is 4.62. The molecule has 1 aliphatic heterocycles. The Kier molecular flexibility index (Phi) is 4.04. The van der Waals surface area contributed by atoms with E-state index in [2.05, 4.69) is 10.1 Å². The fraction of sp³-hybridized carbons (Fsp3) is 0.583. The molecule has 0 aromatic carbocycles. The van der Waals surface area contributed by atoms with Gasteiger partial charge in [0, 0.05) is 23.6 Å². The zero-order valence-electron chi connectivity index (χ0n) is 10.3. The third kappa shape index (κ3) is 3.41. The van der Waals surface area contributed by atoms with Crippen molar-refractivity contribution in [3.63, 3.8) is 0 Å². The molecule has 0 atom stereocenters. The second kappa shape index (κ2) is 5.12. The minimum Gasteiger partial charge on any atom is -0.386 e. The number of hydrogen-bond donors (Lipinski definition) is 1. The first-order valence-electron chi connectivity index (χ1n) is 5.62. The third-order valence-corrected chi connectivity index (χ3v) is 2.93. The topological polar surface area (TPSA) is 72.5 Å². The average molecular weight is 239 g/mol. The van der Waals surface area contributed by atoms with Gasteiger partial charge in [0.2, 0.25) is 5.91 Å². The molecule has 17 heavy (non-hydrogen) atoms. The molecule has 0 aromatic rings. The summed E-state index contributed by atoms with van der Waals surface area (Å²) in [5.41, 5.74) is -0.106. The molecule has 1 heterocycles. The monoisotopic (exact) mass is 239 g/mol. The molecule has 1 aliphatic rings. The molecular formula is C12H17NO4. The molecule has 0 radical (unpaired) electrons. The van der Waals surface area contributed by atoms with Crippen LogP contribution in [0.3, 0.4) is 0 Å². The van der Waals surface area contributed by atoms with Crippen molar-refractivity contribution in [1.82, 2.24) is 5.32 Å². The molecule has 5 nitrogen and oxygen atoms in total. The van der Waals surface area contributed by atoms with E-state index in [1.54, 1.807) is 0 Å². The molecule has 1 N–H and O–H groups in total. The Morgan fingerprint density at radius 3 is 2.53 bits per heavy atom. The van der Waals surface area contributed by atoms with E-state index < -0.39 is 17.4 Å². The number of carbonyl (C=O) groups excluding carboxylic acids is 3. The molecule has 0 unspecified atom stereocenters. The van der Waals surface area contributed by atoms with E-state index >= 15 is 0 Å². The third-order valence-electron chi connectivity index (χ3n) is 2.93. The molecule has 0 aliphatic carbocycles. The van der Waals surface area contributed by atoms with Crippen LogP contribution in [0.5, 0.6) is 0 Å². The van der Waals surface area contributed by atoms with Gasteiger partial charge in [0.25, 0.3) is 0 Å². The summed E-state index contributed by atoms with van der Waals surface area (Å²) in [5.74, 6) is -1.30. The van der Waals surface area contributed by atoms with Gasteiger partial charge >= 0.3 is 11.9 Å². The summed E-state index contributed by atoms with van der Waals surface area (Å²) >= 11 is 0. The molecule has 0 spiro atoms. The zero-order chi connectivity index (χ0) is 13.1. The molecular weight excluding hydrogens is 222 g/mol. The summed E-state index contributed by atoms with van der Waals surface area (Å²) in [4.78, 5) is 33.6. The Hall–Kier alpha value is -1.65. The van der Waals surface area contributed by atoms with Gasteiger partial charge in [-0.2, -0.15) is 0 Å². The lowest BCUT2D eigenvalue weighted by atomic mass is 9.89. The molecule has 0 fully saturated rings. The van der Waals surface area contributed by atoms with Crippen molar-refractivity contribution in [3.8, 4) is 0 Å². The SMILES string of the molecule is CCC(C)(C)C(=O)NCCC1=CC(=O)OC1=O. The summed E-state index contributed by atoms with van der Waals surface area (Å²) < 4.78 is 4.34. The highest BCUT2D eigenvalue weighted by molar-refractivity contribution is 6.08. The van der Waals surface area contributed by atoms with Gasteiger partial charge in [-0.15, -0.1) is 0 Å². The minimum absolute atomic E-state index is 0.0571. The van der Waals surface area contributed by atoms with E-state index in [1.807, 2.05) is 20.8 Å². The summed E-state index contributed by atoms with van der Waals surface area (Å²) in [5, 5.41) is 2.74. The van der Waals surface area contributed by atoms with Crippen LogP contribution in [0.4, 0.5) is 0 Å². The van der Waals surface area contributed by atoms with Gasteiger partial charge in [0.1, 0.15) is 0 Å². The Labute approximate surface area is 100 Å². The van der Waals surface area contributed by atoms with Gasteiger partial charge in [0.15, 0.2) is 0 Å². The van der Waals surface area contributed by atoms with Gasteiger partial charge in [0.05, 0.1) is 0 Å². The van der Waals surface area contributed by atoms with Gasteiger partial charge in [-0.1, -0.05) is 20.8 Å². The molecule has 94 valence electrons. The summed E-state index contributed by atoms with van der Waals surface area (Å²) in [7, 11) is 0. The number of carbonyl (C=O) groups is 3. The molecule has 5 heteroatoms. The van der Waals surface area contributed by atoms with Crippen molar-refractivity contribution in [1.29, 1.82) is 0 Å². The Morgan fingerprint density at radius 2 is 2.06 bits per heavy atom. The van der Waals surface area contributed by atoms with E-state index in [0.29, 0.717) is 18.5 Å². The standard InChI is InChI=1S/C12H17NO4/c1-4-12(2,3)11(16)13-6-5-8-7-9(14)17-10(8)15/h7H,4-6H2,1-3H3,(H,13,16). The van der Waals surface area contributed by atoms with Crippen LogP contribution in [-0.4, -0.2) is 24.4 Å². The van der Waals surface area contributed by atoms with Gasteiger partial charge in [-0.25, -0.2) is 9.59 Å². The molecule has 0 bridgehead atoms. The van der Waals surface area contributed by atoms with Crippen molar-refractivity contribution in [2.24, 2.45) is 5.41 Å². The lowest BCUT2D eigenvalue weighted by molar-refractivity contribution is -0.150. The molecule has 1 rings (SSSR count). The highest BCUT2D eigenvalue weighted by atomic mass is 16.6. The van der Waals surface area contributed by atoms with Gasteiger partial charge in [-0.3, -0.25) is 4.79 Å². The predicted molar refractivity (Wildman–Crippen MR) is 60.9 cm³/mol. The van der Waals surface area contributed by atoms with Crippen LogP contribution in [0, 0.1) is 5.41 Å². The zero-order valence-corrected chi connectivity index (χ0v) is 10.3. The highest BCUT2D eigenvalue weighted by Crippen LogP contribution is 2.19. The van der Waals surface area contributed by atoms with Crippen LogP contribution in [0.15, 0.2) is 11.6 Å². The quantitative estimate of drug-likeness (QED) is 0.572. The highest BCUT2D eigenvalue weighted by Gasteiger charge is 2.26. The normalized spacial score (nSPS) is 15.6. The first kappa shape index (κ1) is 13.4. The fourth-order valence-corrected chi connectivity index (χ4v) is 1.27. The molecule has 0 saturated carbocycles. The number of amides is 1. The maximum atomic E-state index is 11.7. The van der Waals surface area contributed by atoms with Crippen LogP contribution < -0.4 is 5.32 Å². The molecule has 0 aromatic heterocycles. The largest absolute Gasteiger partial charge is 0.386 e. The van der Waals surface area contributed by atoms with E-state index in [9.17, 15) is 14.4 Å². The predicted octanol–water partition coefficient (Wildman–Crippen LogP) is 0.939. The maximum Gasteiger partial charge on any atom is 0.342 e. The first-order valence-corrected chi connectivity index (χ1v) is 5.62. The van der Waals surface area contributed by atoms with Crippen LogP contribution in [0.1, 0.15) is 33.6 Å². The van der Waals surface area contributed by atoms with Crippen LogP contribution >= 0.6 is 0 Å².